The maximum atomic E-state index is 14.4. The van der Waals surface area contributed by atoms with Gasteiger partial charge < -0.3 is 25.2 Å². The Morgan fingerprint density at radius 1 is 1.05 bits per heavy atom. The number of H-pyrrole nitrogens is 1. The number of aliphatic hydroxyl groups is 1. The summed E-state index contributed by atoms with van der Waals surface area (Å²) in [6.07, 6.45) is 3.47. The van der Waals surface area contributed by atoms with Crippen molar-refractivity contribution < 1.29 is 14.7 Å². The number of rotatable bonds is 6. The Kier molecular flexibility index (Phi) is 5.43. The topological polar surface area (TPSA) is 88.7 Å². The number of nitrogens with zero attached hydrogens (tertiary/aromatic N) is 2. The molecule has 4 atom stereocenters. The monoisotopic (exact) mass is 524 g/mol. The summed E-state index contributed by atoms with van der Waals surface area (Å²) in [5.41, 5.74) is 2.21. The zero-order valence-corrected chi connectivity index (χ0v) is 23.0. The summed E-state index contributed by atoms with van der Waals surface area (Å²) in [6.45, 7) is 16.3. The predicted octanol–water partition coefficient (Wildman–Crippen LogP) is 4.27. The molecular formula is C32H36N4O3. The number of para-hydroxylation sites is 2. The van der Waals surface area contributed by atoms with Crippen molar-refractivity contribution in [3.05, 3.63) is 90.7 Å². The first kappa shape index (κ1) is 25.4. The number of piperazine rings is 1. The number of aromatic amines is 1. The number of carbonyl (C=O) groups excluding carboxylic acids is 2. The minimum Gasteiger partial charge on any atom is -0.381 e. The quantitative estimate of drug-likeness (QED) is 0.420. The molecule has 0 radical (unpaired) electrons. The molecule has 0 bridgehead atoms. The van der Waals surface area contributed by atoms with Gasteiger partial charge in [0.15, 0.2) is 0 Å². The van der Waals surface area contributed by atoms with Crippen LogP contribution in [0.2, 0.25) is 0 Å². The first-order chi connectivity index (χ1) is 18.4. The fourth-order valence-electron chi connectivity index (χ4n) is 6.80. The van der Waals surface area contributed by atoms with E-state index >= 15 is 0 Å². The van der Waals surface area contributed by atoms with E-state index < -0.39 is 29.4 Å². The SMILES string of the molecule is C=CC(C)(C)c1[nH]c2ccccc2c1C[C@@H]1NC(=O)[C@H]2C[C@@]3(O)c4ccccc4N(C(C)(C)C=C)[C@H]3N2C1=O. The normalized spacial score (nSPS) is 26.3. The summed E-state index contributed by atoms with van der Waals surface area (Å²) < 4.78 is 0. The van der Waals surface area contributed by atoms with Gasteiger partial charge in [-0.25, -0.2) is 0 Å². The van der Waals surface area contributed by atoms with E-state index in [1.54, 1.807) is 4.90 Å². The molecule has 7 nitrogen and oxygen atoms in total. The molecule has 0 aliphatic carbocycles. The molecule has 202 valence electrons. The molecule has 7 heteroatoms. The lowest BCUT2D eigenvalue weighted by molar-refractivity contribution is -0.150. The number of fused-ring (bicyclic) bond motifs is 6. The van der Waals surface area contributed by atoms with Crippen molar-refractivity contribution in [1.82, 2.24) is 15.2 Å². The second-order valence-electron chi connectivity index (χ2n) is 12.2. The van der Waals surface area contributed by atoms with Gasteiger partial charge in [-0.1, -0.05) is 62.4 Å². The summed E-state index contributed by atoms with van der Waals surface area (Å²) in [6, 6.07) is 14.2. The smallest absolute Gasteiger partial charge is 0.247 e. The summed E-state index contributed by atoms with van der Waals surface area (Å²) in [4.78, 5) is 35.2. The summed E-state index contributed by atoms with van der Waals surface area (Å²) in [5, 5.41) is 16.2. The average Bonchev–Trinajstić information content (AvgIpc) is 3.52. The van der Waals surface area contributed by atoms with Gasteiger partial charge in [0, 0.05) is 46.1 Å². The molecule has 0 spiro atoms. The number of anilines is 1. The van der Waals surface area contributed by atoms with E-state index in [-0.39, 0.29) is 23.7 Å². The number of allylic oxidation sites excluding steroid dienone is 1. The number of nitrogens with one attached hydrogen (secondary N) is 2. The van der Waals surface area contributed by atoms with Gasteiger partial charge in [-0.3, -0.25) is 9.59 Å². The van der Waals surface area contributed by atoms with Crippen LogP contribution >= 0.6 is 0 Å². The van der Waals surface area contributed by atoms with Crippen molar-refractivity contribution in [1.29, 1.82) is 0 Å². The van der Waals surface area contributed by atoms with Crippen LogP contribution in [0.15, 0.2) is 73.8 Å². The molecule has 3 aromatic rings. The molecule has 2 amide bonds. The molecule has 39 heavy (non-hydrogen) atoms. The van der Waals surface area contributed by atoms with Crippen molar-refractivity contribution in [2.75, 3.05) is 4.90 Å². The van der Waals surface area contributed by atoms with Crippen molar-refractivity contribution in [3.8, 4) is 0 Å². The van der Waals surface area contributed by atoms with Crippen molar-refractivity contribution in [2.24, 2.45) is 0 Å². The second-order valence-corrected chi connectivity index (χ2v) is 12.2. The minimum absolute atomic E-state index is 0.143. The van der Waals surface area contributed by atoms with E-state index in [1.807, 2.05) is 74.5 Å². The van der Waals surface area contributed by atoms with Crippen LogP contribution in [0.1, 0.15) is 50.9 Å². The molecule has 6 rings (SSSR count). The van der Waals surface area contributed by atoms with E-state index in [9.17, 15) is 14.7 Å². The number of aromatic nitrogens is 1. The molecule has 4 heterocycles. The van der Waals surface area contributed by atoms with E-state index in [4.69, 9.17) is 0 Å². The van der Waals surface area contributed by atoms with Crippen LogP contribution in [0.5, 0.6) is 0 Å². The summed E-state index contributed by atoms with van der Waals surface area (Å²) in [7, 11) is 0. The van der Waals surface area contributed by atoms with Gasteiger partial charge in [-0.15, -0.1) is 13.2 Å². The Hall–Kier alpha value is -3.84. The van der Waals surface area contributed by atoms with E-state index in [0.29, 0.717) is 6.42 Å². The lowest BCUT2D eigenvalue weighted by Gasteiger charge is -2.47. The molecule has 1 aromatic heterocycles. The van der Waals surface area contributed by atoms with Crippen LogP contribution in [0, 0.1) is 0 Å². The first-order valence-corrected chi connectivity index (χ1v) is 13.6. The van der Waals surface area contributed by atoms with E-state index in [1.165, 1.54) is 0 Å². The van der Waals surface area contributed by atoms with Gasteiger partial charge in [-0.05, 0) is 31.5 Å². The summed E-state index contributed by atoms with van der Waals surface area (Å²) in [5.74, 6) is -0.425. The lowest BCUT2D eigenvalue weighted by Crippen LogP contribution is -2.67. The molecular weight excluding hydrogens is 488 g/mol. The molecule has 2 aromatic carbocycles. The molecule has 3 aliphatic heterocycles. The van der Waals surface area contributed by atoms with Gasteiger partial charge in [0.25, 0.3) is 0 Å². The predicted molar refractivity (Wildman–Crippen MR) is 153 cm³/mol. The van der Waals surface area contributed by atoms with E-state index in [2.05, 4.69) is 42.2 Å². The van der Waals surface area contributed by atoms with Crippen LogP contribution in [-0.2, 0) is 27.0 Å². The van der Waals surface area contributed by atoms with Gasteiger partial charge in [0.2, 0.25) is 11.8 Å². The second kappa shape index (κ2) is 8.33. The molecule has 2 saturated heterocycles. The Morgan fingerprint density at radius 2 is 1.74 bits per heavy atom. The highest BCUT2D eigenvalue weighted by atomic mass is 16.3. The molecule has 3 aliphatic rings. The van der Waals surface area contributed by atoms with Crippen LogP contribution in [0.4, 0.5) is 5.69 Å². The Balaban J connectivity index is 1.44. The highest BCUT2D eigenvalue weighted by Crippen LogP contribution is 2.55. The van der Waals surface area contributed by atoms with Crippen LogP contribution in [-0.4, -0.2) is 50.6 Å². The van der Waals surface area contributed by atoms with Gasteiger partial charge in [-0.2, -0.15) is 0 Å². The first-order valence-electron chi connectivity index (χ1n) is 13.6. The summed E-state index contributed by atoms with van der Waals surface area (Å²) >= 11 is 0. The number of benzene rings is 2. The van der Waals surface area contributed by atoms with Crippen molar-refractivity contribution in [3.63, 3.8) is 0 Å². The molecule has 2 fully saturated rings. The zero-order chi connectivity index (χ0) is 27.9. The minimum atomic E-state index is -1.37. The van der Waals surface area contributed by atoms with E-state index in [0.717, 1.165) is 33.4 Å². The number of carbonyl (C=O) groups is 2. The third-order valence-corrected chi connectivity index (χ3v) is 9.07. The molecule has 0 saturated carbocycles. The van der Waals surface area contributed by atoms with Gasteiger partial charge >= 0.3 is 0 Å². The number of amides is 2. The fraction of sp³-hybridized carbons (Fsp3) is 0.375. The van der Waals surface area contributed by atoms with Gasteiger partial charge in [0.05, 0.1) is 5.54 Å². The maximum absolute atomic E-state index is 14.4. The Labute approximate surface area is 229 Å². The number of hydrogen-bond acceptors (Lipinski definition) is 4. The Morgan fingerprint density at radius 3 is 2.46 bits per heavy atom. The zero-order valence-electron chi connectivity index (χ0n) is 23.0. The Bertz CT molecular complexity index is 1540. The number of hydrogen-bond donors (Lipinski definition) is 3. The van der Waals surface area contributed by atoms with Crippen LogP contribution in [0.3, 0.4) is 0 Å². The largest absolute Gasteiger partial charge is 0.381 e. The molecule has 3 N–H and O–H groups in total. The molecule has 0 unspecified atom stereocenters. The third kappa shape index (κ3) is 3.45. The fourth-order valence-corrected chi connectivity index (χ4v) is 6.80. The standard InChI is InChI=1S/C32H36N4O3/c1-7-30(3,4)26-20(19-13-9-11-15-22(19)33-26)17-23-28(38)35-25(27(37)34-23)18-32(39)21-14-10-12-16-24(21)36(29(32)35)31(5,6)8-2/h7-16,23,25,29,33,39H,1-2,17-18H2,3-6H3,(H,34,37)/t23-,25+,29+,32+/m0/s1. The highest BCUT2D eigenvalue weighted by Gasteiger charge is 2.66. The van der Waals surface area contributed by atoms with Gasteiger partial charge in [0.1, 0.15) is 23.9 Å². The highest BCUT2D eigenvalue weighted by molar-refractivity contribution is 5.99. The maximum Gasteiger partial charge on any atom is 0.247 e. The van der Waals surface area contributed by atoms with Crippen molar-refractivity contribution in [2.45, 2.75) is 75.3 Å². The lowest BCUT2D eigenvalue weighted by atomic mass is 9.84. The van der Waals surface area contributed by atoms with Crippen molar-refractivity contribution >= 4 is 28.4 Å². The van der Waals surface area contributed by atoms with Crippen LogP contribution < -0.4 is 10.2 Å². The average molecular weight is 525 g/mol. The third-order valence-electron chi connectivity index (χ3n) is 9.07. The van der Waals surface area contributed by atoms with Crippen LogP contribution in [0.25, 0.3) is 10.9 Å².